The summed E-state index contributed by atoms with van der Waals surface area (Å²) in [5.74, 6) is 0.154. The van der Waals surface area contributed by atoms with Crippen LogP contribution in [0.3, 0.4) is 0 Å². The molecule has 1 atom stereocenters. The van der Waals surface area contributed by atoms with E-state index in [-0.39, 0.29) is 11.9 Å². The standard InChI is InChI=1S/C14H26N2O2/c1-2-18-14(17)11-5-7-12(8-6-11)16-10-13-4-3-9-15-13/h11-13,15-16H,2-10H2,1H3. The zero-order valence-corrected chi connectivity index (χ0v) is 11.4. The molecule has 1 aliphatic heterocycles. The molecular weight excluding hydrogens is 228 g/mol. The van der Waals surface area contributed by atoms with Crippen LogP contribution in [0.4, 0.5) is 0 Å². The number of nitrogens with one attached hydrogen (secondary N) is 2. The molecule has 1 unspecified atom stereocenters. The topological polar surface area (TPSA) is 50.4 Å². The first kappa shape index (κ1) is 13.8. The zero-order chi connectivity index (χ0) is 12.8. The summed E-state index contributed by atoms with van der Waals surface area (Å²) >= 11 is 0. The van der Waals surface area contributed by atoms with Gasteiger partial charge in [-0.15, -0.1) is 0 Å². The third kappa shape index (κ3) is 3.95. The molecule has 104 valence electrons. The molecule has 18 heavy (non-hydrogen) atoms. The van der Waals surface area contributed by atoms with Crippen molar-refractivity contribution in [2.75, 3.05) is 19.7 Å². The Morgan fingerprint density at radius 2 is 2.06 bits per heavy atom. The molecule has 2 rings (SSSR count). The van der Waals surface area contributed by atoms with Gasteiger partial charge in [-0.1, -0.05) is 0 Å². The molecule has 0 aromatic heterocycles. The summed E-state index contributed by atoms with van der Waals surface area (Å²) in [6.07, 6.45) is 6.78. The summed E-state index contributed by atoms with van der Waals surface area (Å²) in [4.78, 5) is 11.6. The average Bonchev–Trinajstić information content (AvgIpc) is 2.90. The van der Waals surface area contributed by atoms with Crippen molar-refractivity contribution in [2.24, 2.45) is 5.92 Å². The molecule has 0 aromatic rings. The lowest BCUT2D eigenvalue weighted by molar-refractivity contribution is -0.149. The van der Waals surface area contributed by atoms with E-state index in [1.165, 1.54) is 19.4 Å². The second-order valence-corrected chi connectivity index (χ2v) is 5.50. The van der Waals surface area contributed by atoms with Crippen molar-refractivity contribution in [3.05, 3.63) is 0 Å². The van der Waals surface area contributed by atoms with Crippen molar-refractivity contribution < 1.29 is 9.53 Å². The fraction of sp³-hybridized carbons (Fsp3) is 0.929. The molecular formula is C14H26N2O2. The Morgan fingerprint density at radius 3 is 2.67 bits per heavy atom. The second kappa shape index (κ2) is 7.10. The van der Waals surface area contributed by atoms with Crippen LogP contribution in [0, 0.1) is 5.92 Å². The SMILES string of the molecule is CCOC(=O)C1CCC(NCC2CCCN2)CC1. The van der Waals surface area contributed by atoms with E-state index in [1.807, 2.05) is 6.92 Å². The van der Waals surface area contributed by atoms with E-state index in [9.17, 15) is 4.79 Å². The number of carbonyl (C=O) groups excluding carboxylic acids is 1. The van der Waals surface area contributed by atoms with Crippen molar-refractivity contribution in [2.45, 2.75) is 57.5 Å². The molecule has 0 aromatic carbocycles. The number of hydrogen-bond acceptors (Lipinski definition) is 4. The van der Waals surface area contributed by atoms with Gasteiger partial charge in [-0.25, -0.2) is 0 Å². The third-order valence-electron chi connectivity index (χ3n) is 4.16. The lowest BCUT2D eigenvalue weighted by atomic mass is 9.86. The molecule has 2 N–H and O–H groups in total. The molecule has 1 saturated carbocycles. The fourth-order valence-electron chi connectivity index (χ4n) is 3.03. The average molecular weight is 254 g/mol. The number of hydrogen-bond donors (Lipinski definition) is 2. The van der Waals surface area contributed by atoms with Gasteiger partial charge in [-0.3, -0.25) is 4.79 Å². The predicted octanol–water partition coefficient (Wildman–Crippen LogP) is 1.45. The molecule has 2 aliphatic rings. The Hall–Kier alpha value is -0.610. The van der Waals surface area contributed by atoms with Crippen LogP contribution in [-0.4, -0.2) is 37.7 Å². The van der Waals surface area contributed by atoms with Crippen molar-refractivity contribution in [3.8, 4) is 0 Å². The maximum atomic E-state index is 11.6. The van der Waals surface area contributed by atoms with Crippen molar-refractivity contribution in [1.82, 2.24) is 10.6 Å². The van der Waals surface area contributed by atoms with E-state index in [2.05, 4.69) is 10.6 Å². The first-order valence-corrected chi connectivity index (χ1v) is 7.43. The van der Waals surface area contributed by atoms with Gasteiger partial charge in [0.25, 0.3) is 0 Å². The summed E-state index contributed by atoms with van der Waals surface area (Å²) < 4.78 is 5.09. The van der Waals surface area contributed by atoms with Crippen LogP contribution in [-0.2, 0) is 9.53 Å². The summed E-state index contributed by atoms with van der Waals surface area (Å²) in [5, 5.41) is 7.14. The van der Waals surface area contributed by atoms with Crippen LogP contribution in [0.5, 0.6) is 0 Å². The van der Waals surface area contributed by atoms with Crippen LogP contribution < -0.4 is 10.6 Å². The Kier molecular flexibility index (Phi) is 5.45. The van der Waals surface area contributed by atoms with Gasteiger partial charge in [0.15, 0.2) is 0 Å². The highest BCUT2D eigenvalue weighted by Gasteiger charge is 2.27. The normalized spacial score (nSPS) is 32.4. The summed E-state index contributed by atoms with van der Waals surface area (Å²) in [5.41, 5.74) is 0. The summed E-state index contributed by atoms with van der Waals surface area (Å²) in [7, 11) is 0. The van der Waals surface area contributed by atoms with E-state index >= 15 is 0 Å². The molecule has 0 radical (unpaired) electrons. The first-order chi connectivity index (χ1) is 8.79. The predicted molar refractivity (Wildman–Crippen MR) is 71.4 cm³/mol. The number of esters is 1. The van der Waals surface area contributed by atoms with Crippen molar-refractivity contribution in [1.29, 1.82) is 0 Å². The van der Waals surface area contributed by atoms with E-state index in [1.54, 1.807) is 0 Å². The van der Waals surface area contributed by atoms with Crippen LogP contribution >= 0.6 is 0 Å². The van der Waals surface area contributed by atoms with Gasteiger partial charge in [-0.05, 0) is 52.0 Å². The molecule has 4 nitrogen and oxygen atoms in total. The Labute approximate surface area is 110 Å². The fourth-order valence-corrected chi connectivity index (χ4v) is 3.03. The highest BCUT2D eigenvalue weighted by atomic mass is 16.5. The van der Waals surface area contributed by atoms with E-state index in [4.69, 9.17) is 4.74 Å². The maximum Gasteiger partial charge on any atom is 0.308 e. The maximum absolute atomic E-state index is 11.6. The highest BCUT2D eigenvalue weighted by Crippen LogP contribution is 2.25. The van der Waals surface area contributed by atoms with Gasteiger partial charge in [-0.2, -0.15) is 0 Å². The van der Waals surface area contributed by atoms with Gasteiger partial charge >= 0.3 is 5.97 Å². The van der Waals surface area contributed by atoms with Crippen molar-refractivity contribution in [3.63, 3.8) is 0 Å². The zero-order valence-electron chi connectivity index (χ0n) is 11.4. The molecule has 1 aliphatic carbocycles. The van der Waals surface area contributed by atoms with Gasteiger partial charge < -0.3 is 15.4 Å². The van der Waals surface area contributed by atoms with E-state index < -0.39 is 0 Å². The molecule has 0 amide bonds. The first-order valence-electron chi connectivity index (χ1n) is 7.43. The Morgan fingerprint density at radius 1 is 1.28 bits per heavy atom. The highest BCUT2D eigenvalue weighted by molar-refractivity contribution is 5.72. The summed E-state index contributed by atoms with van der Waals surface area (Å²) in [6, 6.07) is 1.26. The minimum Gasteiger partial charge on any atom is -0.466 e. The minimum atomic E-state index is 0.00779. The summed E-state index contributed by atoms with van der Waals surface area (Å²) in [6.45, 7) is 4.63. The lowest BCUT2D eigenvalue weighted by Crippen LogP contribution is -2.41. The van der Waals surface area contributed by atoms with Crippen LogP contribution in [0.2, 0.25) is 0 Å². The lowest BCUT2D eigenvalue weighted by Gasteiger charge is -2.28. The van der Waals surface area contributed by atoms with Gasteiger partial charge in [0, 0.05) is 18.6 Å². The van der Waals surface area contributed by atoms with Gasteiger partial charge in [0.1, 0.15) is 0 Å². The number of ether oxygens (including phenoxy) is 1. The smallest absolute Gasteiger partial charge is 0.308 e. The number of carbonyl (C=O) groups is 1. The van der Waals surface area contributed by atoms with Crippen LogP contribution in [0.25, 0.3) is 0 Å². The molecule has 4 heteroatoms. The number of rotatable bonds is 5. The van der Waals surface area contributed by atoms with Gasteiger partial charge in [0.05, 0.1) is 12.5 Å². The molecule has 0 bridgehead atoms. The van der Waals surface area contributed by atoms with Gasteiger partial charge in [0.2, 0.25) is 0 Å². The molecule has 2 fully saturated rings. The van der Waals surface area contributed by atoms with E-state index in [0.717, 1.165) is 32.2 Å². The van der Waals surface area contributed by atoms with Crippen molar-refractivity contribution >= 4 is 5.97 Å². The van der Waals surface area contributed by atoms with Crippen LogP contribution in [0.1, 0.15) is 45.4 Å². The quantitative estimate of drug-likeness (QED) is 0.729. The molecule has 1 heterocycles. The molecule has 1 saturated heterocycles. The second-order valence-electron chi connectivity index (χ2n) is 5.50. The largest absolute Gasteiger partial charge is 0.466 e. The third-order valence-corrected chi connectivity index (χ3v) is 4.16. The minimum absolute atomic E-state index is 0.00779. The Bertz CT molecular complexity index is 257. The Balaban J connectivity index is 1.62. The van der Waals surface area contributed by atoms with E-state index in [0.29, 0.717) is 18.7 Å². The van der Waals surface area contributed by atoms with Crippen LogP contribution in [0.15, 0.2) is 0 Å². The molecule has 0 spiro atoms. The monoisotopic (exact) mass is 254 g/mol.